The second-order valence-corrected chi connectivity index (χ2v) is 7.17. The quantitative estimate of drug-likeness (QED) is 0.481. The van der Waals surface area contributed by atoms with E-state index in [4.69, 9.17) is 0 Å². The molecule has 0 bridgehead atoms. The molecule has 0 N–H and O–H groups in total. The highest BCUT2D eigenvalue weighted by molar-refractivity contribution is 5.54. The minimum atomic E-state index is 0.237. The first kappa shape index (κ1) is 13.6. The van der Waals surface area contributed by atoms with Gasteiger partial charge >= 0.3 is 0 Å². The van der Waals surface area contributed by atoms with Gasteiger partial charge in [-0.1, -0.05) is 43.1 Å². The Kier molecular flexibility index (Phi) is 2.74. The first-order valence-corrected chi connectivity index (χ1v) is 7.12. The van der Waals surface area contributed by atoms with Gasteiger partial charge in [0.1, 0.15) is 0 Å². The van der Waals surface area contributed by atoms with Crippen LogP contribution >= 0.6 is 0 Å². The van der Waals surface area contributed by atoms with Crippen molar-refractivity contribution in [1.82, 2.24) is 0 Å². The molecule has 0 heterocycles. The number of rotatable bonds is 0. The third-order valence-electron chi connectivity index (χ3n) is 6.54. The molecule has 0 spiro atoms. The minimum Gasteiger partial charge on any atom is -0.0672 e. The molecule has 0 aromatic carbocycles. The van der Waals surface area contributed by atoms with Crippen molar-refractivity contribution >= 4 is 0 Å². The Balaban J connectivity index is 2.81. The van der Waals surface area contributed by atoms with Crippen LogP contribution in [0.25, 0.3) is 0 Å². The van der Waals surface area contributed by atoms with Crippen molar-refractivity contribution in [2.24, 2.45) is 16.7 Å². The van der Waals surface area contributed by atoms with Crippen molar-refractivity contribution in [2.75, 3.05) is 0 Å². The van der Waals surface area contributed by atoms with Crippen molar-refractivity contribution < 1.29 is 0 Å². The predicted octanol–water partition coefficient (Wildman–Crippen LogP) is 5.67. The van der Waals surface area contributed by atoms with Crippen LogP contribution in [0.3, 0.4) is 0 Å². The molecule has 2 atom stereocenters. The Hall–Kier alpha value is -0.780. The van der Waals surface area contributed by atoms with E-state index in [-0.39, 0.29) is 10.8 Å². The normalized spacial score (nSPS) is 35.5. The molecule has 0 aromatic heterocycles. The van der Waals surface area contributed by atoms with Crippen LogP contribution in [0.1, 0.15) is 62.3 Å². The standard InChI is InChI=1S/C18H28/c1-10-11(2)13(4)18(9)15(6)14(5)17(7,8)16(18)12(10)3/h16H,1-9H3. The van der Waals surface area contributed by atoms with E-state index < -0.39 is 0 Å². The summed E-state index contributed by atoms with van der Waals surface area (Å²) in [4.78, 5) is 0. The van der Waals surface area contributed by atoms with E-state index in [1.165, 1.54) is 11.1 Å². The Morgan fingerprint density at radius 2 is 1.17 bits per heavy atom. The van der Waals surface area contributed by atoms with Crippen molar-refractivity contribution in [2.45, 2.75) is 62.3 Å². The van der Waals surface area contributed by atoms with Crippen LogP contribution in [0.5, 0.6) is 0 Å². The smallest absolute Gasteiger partial charge is 0.0169 e. The fourth-order valence-electron chi connectivity index (χ4n) is 4.68. The molecule has 0 amide bonds. The fourth-order valence-corrected chi connectivity index (χ4v) is 4.68. The average Bonchev–Trinajstić information content (AvgIpc) is 2.44. The maximum Gasteiger partial charge on any atom is 0.0169 e. The van der Waals surface area contributed by atoms with Crippen molar-refractivity contribution in [3.05, 3.63) is 33.4 Å². The molecule has 0 aliphatic heterocycles. The van der Waals surface area contributed by atoms with E-state index in [0.717, 1.165) is 0 Å². The summed E-state index contributed by atoms with van der Waals surface area (Å²) in [7, 11) is 0. The van der Waals surface area contributed by atoms with Gasteiger partial charge in [0, 0.05) is 11.3 Å². The summed E-state index contributed by atoms with van der Waals surface area (Å²) in [5.41, 5.74) is 9.92. The predicted molar refractivity (Wildman–Crippen MR) is 80.5 cm³/mol. The summed E-state index contributed by atoms with van der Waals surface area (Å²) in [6.45, 7) is 21.3. The molecule has 0 nitrogen and oxygen atoms in total. The molecule has 2 aliphatic carbocycles. The van der Waals surface area contributed by atoms with Gasteiger partial charge in [0.15, 0.2) is 0 Å². The van der Waals surface area contributed by atoms with Gasteiger partial charge < -0.3 is 0 Å². The van der Waals surface area contributed by atoms with Crippen molar-refractivity contribution in [1.29, 1.82) is 0 Å². The van der Waals surface area contributed by atoms with E-state index in [2.05, 4.69) is 62.3 Å². The Morgan fingerprint density at radius 3 is 1.67 bits per heavy atom. The average molecular weight is 244 g/mol. The van der Waals surface area contributed by atoms with Gasteiger partial charge in [-0.15, -0.1) is 0 Å². The summed E-state index contributed by atoms with van der Waals surface area (Å²) < 4.78 is 0. The monoisotopic (exact) mass is 244 g/mol. The second kappa shape index (κ2) is 3.62. The second-order valence-electron chi connectivity index (χ2n) is 7.17. The molecule has 0 aromatic rings. The summed E-state index contributed by atoms with van der Waals surface area (Å²) >= 11 is 0. The topological polar surface area (TPSA) is 0 Å². The third kappa shape index (κ3) is 1.27. The highest BCUT2D eigenvalue weighted by atomic mass is 14.6. The van der Waals surface area contributed by atoms with Gasteiger partial charge in [-0.25, -0.2) is 0 Å². The highest BCUT2D eigenvalue weighted by Gasteiger charge is 2.55. The lowest BCUT2D eigenvalue weighted by molar-refractivity contribution is 0.215. The van der Waals surface area contributed by atoms with Gasteiger partial charge in [-0.3, -0.25) is 0 Å². The fraction of sp³-hybridized carbons (Fsp3) is 0.667. The minimum absolute atomic E-state index is 0.237. The van der Waals surface area contributed by atoms with E-state index in [9.17, 15) is 0 Å². The maximum absolute atomic E-state index is 2.46. The van der Waals surface area contributed by atoms with E-state index in [0.29, 0.717) is 5.92 Å². The van der Waals surface area contributed by atoms with E-state index in [1.807, 2.05) is 0 Å². The number of hydrogen-bond donors (Lipinski definition) is 0. The lowest BCUT2D eigenvalue weighted by Gasteiger charge is -2.46. The molecule has 100 valence electrons. The van der Waals surface area contributed by atoms with Gasteiger partial charge in [0.2, 0.25) is 0 Å². The molecular weight excluding hydrogens is 216 g/mol. The number of allylic oxidation sites excluding steroid dienone is 6. The summed E-state index contributed by atoms with van der Waals surface area (Å²) in [5.74, 6) is 0.633. The van der Waals surface area contributed by atoms with Crippen LogP contribution in [0.15, 0.2) is 33.4 Å². The van der Waals surface area contributed by atoms with Gasteiger partial charge in [0.25, 0.3) is 0 Å². The molecule has 0 saturated heterocycles. The van der Waals surface area contributed by atoms with Crippen LogP contribution in [0, 0.1) is 16.7 Å². The molecular formula is C18H28. The molecule has 2 unspecified atom stereocenters. The zero-order valence-corrected chi connectivity index (χ0v) is 13.6. The lowest BCUT2D eigenvalue weighted by Crippen LogP contribution is -2.37. The third-order valence-corrected chi connectivity index (χ3v) is 6.54. The van der Waals surface area contributed by atoms with Crippen LogP contribution in [0.2, 0.25) is 0 Å². The molecule has 0 saturated carbocycles. The lowest BCUT2D eigenvalue weighted by atomic mass is 9.57. The largest absolute Gasteiger partial charge is 0.0672 e. The van der Waals surface area contributed by atoms with E-state index in [1.54, 1.807) is 22.3 Å². The van der Waals surface area contributed by atoms with Gasteiger partial charge in [-0.05, 0) is 58.1 Å². The zero-order valence-electron chi connectivity index (χ0n) is 13.6. The first-order valence-electron chi connectivity index (χ1n) is 7.12. The van der Waals surface area contributed by atoms with Gasteiger partial charge in [-0.2, -0.15) is 0 Å². The van der Waals surface area contributed by atoms with Crippen LogP contribution < -0.4 is 0 Å². The Morgan fingerprint density at radius 1 is 0.667 bits per heavy atom. The number of hydrogen-bond acceptors (Lipinski definition) is 0. The van der Waals surface area contributed by atoms with Crippen molar-refractivity contribution in [3.8, 4) is 0 Å². The highest BCUT2D eigenvalue weighted by Crippen LogP contribution is 2.65. The number of fused-ring (bicyclic) bond motifs is 1. The van der Waals surface area contributed by atoms with Crippen LogP contribution in [-0.2, 0) is 0 Å². The summed E-state index contributed by atoms with van der Waals surface area (Å²) in [6, 6.07) is 0. The van der Waals surface area contributed by atoms with E-state index >= 15 is 0 Å². The van der Waals surface area contributed by atoms with Crippen LogP contribution in [0.4, 0.5) is 0 Å². The summed E-state index contributed by atoms with van der Waals surface area (Å²) in [6.07, 6.45) is 0. The first-order chi connectivity index (χ1) is 8.07. The Labute approximate surface area is 113 Å². The molecule has 18 heavy (non-hydrogen) atoms. The molecule has 0 heteroatoms. The molecule has 0 radical (unpaired) electrons. The summed E-state index contributed by atoms with van der Waals surface area (Å²) in [5, 5.41) is 0. The van der Waals surface area contributed by atoms with Crippen LogP contribution in [-0.4, -0.2) is 0 Å². The SMILES string of the molecule is CC1=C(C)C2C(C)(C)C(C)=C(C)C2(C)C(C)=C1C. The molecule has 0 fully saturated rings. The molecule has 2 rings (SSSR count). The van der Waals surface area contributed by atoms with Gasteiger partial charge in [0.05, 0.1) is 0 Å². The maximum atomic E-state index is 2.46. The zero-order chi connectivity index (χ0) is 14.0. The Bertz CT molecular complexity index is 508. The molecule has 2 aliphatic rings. The van der Waals surface area contributed by atoms with Crippen molar-refractivity contribution in [3.63, 3.8) is 0 Å².